The van der Waals surface area contributed by atoms with Crippen molar-refractivity contribution in [2.45, 2.75) is 18.4 Å². The molecule has 0 saturated heterocycles. The fourth-order valence-electron chi connectivity index (χ4n) is 3.99. The average Bonchev–Trinajstić information content (AvgIpc) is 3.10. The minimum atomic E-state index is 0.116. The molecule has 0 radical (unpaired) electrons. The lowest BCUT2D eigenvalue weighted by molar-refractivity contribution is 0.370. The standard InChI is InChI=1S/C20H21NO3/c1-23-17-10-9-12(11-16(17)22)19-14-6-3-5-13(14)15-7-4-8-18(24-2)20(15)21-19/h3-5,7-11,13-14,19,21-22H,6H2,1-2H3. The van der Waals surface area contributed by atoms with Gasteiger partial charge in [-0.3, -0.25) is 0 Å². The summed E-state index contributed by atoms with van der Waals surface area (Å²) in [4.78, 5) is 0. The molecule has 1 aliphatic carbocycles. The van der Waals surface area contributed by atoms with Gasteiger partial charge in [-0.05, 0) is 41.7 Å². The van der Waals surface area contributed by atoms with E-state index in [2.05, 4.69) is 23.5 Å². The van der Waals surface area contributed by atoms with Gasteiger partial charge in [0.1, 0.15) is 5.75 Å². The smallest absolute Gasteiger partial charge is 0.160 e. The number of anilines is 1. The molecule has 2 aliphatic rings. The molecule has 2 aromatic rings. The molecule has 4 nitrogen and oxygen atoms in total. The van der Waals surface area contributed by atoms with E-state index in [1.165, 1.54) is 5.56 Å². The molecule has 4 rings (SSSR count). The number of rotatable bonds is 3. The van der Waals surface area contributed by atoms with Gasteiger partial charge in [0.25, 0.3) is 0 Å². The summed E-state index contributed by atoms with van der Waals surface area (Å²) in [6.07, 6.45) is 5.56. The van der Waals surface area contributed by atoms with Crippen LogP contribution in [-0.2, 0) is 0 Å². The zero-order valence-corrected chi connectivity index (χ0v) is 13.8. The molecular formula is C20H21NO3. The van der Waals surface area contributed by atoms with Crippen LogP contribution in [0.4, 0.5) is 5.69 Å². The van der Waals surface area contributed by atoms with E-state index in [9.17, 15) is 5.11 Å². The van der Waals surface area contributed by atoms with Gasteiger partial charge in [0.2, 0.25) is 0 Å². The summed E-state index contributed by atoms with van der Waals surface area (Å²) in [5.41, 5.74) is 3.39. The van der Waals surface area contributed by atoms with Crippen LogP contribution in [0, 0.1) is 5.92 Å². The molecule has 2 N–H and O–H groups in total. The lowest BCUT2D eigenvalue weighted by atomic mass is 9.77. The van der Waals surface area contributed by atoms with E-state index in [0.717, 1.165) is 23.4 Å². The maximum absolute atomic E-state index is 10.2. The minimum Gasteiger partial charge on any atom is -0.504 e. The van der Waals surface area contributed by atoms with Crippen LogP contribution >= 0.6 is 0 Å². The molecule has 0 fully saturated rings. The Morgan fingerprint density at radius 3 is 2.67 bits per heavy atom. The van der Waals surface area contributed by atoms with Crippen molar-refractivity contribution in [1.29, 1.82) is 0 Å². The predicted molar refractivity (Wildman–Crippen MR) is 94.0 cm³/mol. The maximum Gasteiger partial charge on any atom is 0.160 e. The van der Waals surface area contributed by atoms with Gasteiger partial charge in [-0.2, -0.15) is 0 Å². The van der Waals surface area contributed by atoms with E-state index in [4.69, 9.17) is 9.47 Å². The molecule has 124 valence electrons. The molecule has 3 unspecified atom stereocenters. The minimum absolute atomic E-state index is 0.116. The molecule has 2 aromatic carbocycles. The molecule has 24 heavy (non-hydrogen) atoms. The highest BCUT2D eigenvalue weighted by Crippen LogP contribution is 2.52. The SMILES string of the molecule is COc1ccc(C2Nc3c(OC)cccc3C3C=CCC32)cc1O. The monoisotopic (exact) mass is 323 g/mol. The second-order valence-corrected chi connectivity index (χ2v) is 6.33. The Kier molecular flexibility index (Phi) is 3.60. The third-order valence-corrected chi connectivity index (χ3v) is 5.14. The molecule has 4 heteroatoms. The van der Waals surface area contributed by atoms with E-state index in [-0.39, 0.29) is 11.8 Å². The maximum atomic E-state index is 10.2. The summed E-state index contributed by atoms with van der Waals surface area (Å²) in [6.45, 7) is 0. The number of hydrogen-bond acceptors (Lipinski definition) is 4. The van der Waals surface area contributed by atoms with Gasteiger partial charge in [-0.1, -0.05) is 30.4 Å². The van der Waals surface area contributed by atoms with Crippen LogP contribution < -0.4 is 14.8 Å². The van der Waals surface area contributed by atoms with Crippen molar-refractivity contribution in [3.05, 3.63) is 59.7 Å². The lowest BCUT2D eigenvalue weighted by Crippen LogP contribution is -2.29. The summed E-state index contributed by atoms with van der Waals surface area (Å²) in [5, 5.41) is 13.8. The Bertz CT molecular complexity index is 799. The lowest BCUT2D eigenvalue weighted by Gasteiger charge is -2.38. The molecule has 0 bridgehead atoms. The fourth-order valence-corrected chi connectivity index (χ4v) is 3.99. The molecule has 3 atom stereocenters. The zero-order valence-electron chi connectivity index (χ0n) is 13.8. The molecule has 0 aromatic heterocycles. The van der Waals surface area contributed by atoms with Crippen LogP contribution in [0.15, 0.2) is 48.6 Å². The van der Waals surface area contributed by atoms with Crippen LogP contribution in [0.25, 0.3) is 0 Å². The summed E-state index contributed by atoms with van der Waals surface area (Å²) in [7, 11) is 3.26. The van der Waals surface area contributed by atoms with Crippen molar-refractivity contribution in [3.63, 3.8) is 0 Å². The molecule has 0 saturated carbocycles. The Balaban J connectivity index is 1.79. The van der Waals surface area contributed by atoms with E-state index in [1.54, 1.807) is 20.3 Å². The highest BCUT2D eigenvalue weighted by Gasteiger charge is 2.39. The first-order valence-electron chi connectivity index (χ1n) is 8.20. The highest BCUT2D eigenvalue weighted by molar-refractivity contribution is 5.67. The number of nitrogens with one attached hydrogen (secondary N) is 1. The Morgan fingerprint density at radius 1 is 1.08 bits per heavy atom. The van der Waals surface area contributed by atoms with E-state index in [0.29, 0.717) is 17.6 Å². The topological polar surface area (TPSA) is 50.7 Å². The van der Waals surface area contributed by atoms with Crippen LogP contribution in [0.2, 0.25) is 0 Å². The van der Waals surface area contributed by atoms with E-state index >= 15 is 0 Å². The molecule has 1 aliphatic heterocycles. The normalized spacial score (nSPS) is 24.0. The quantitative estimate of drug-likeness (QED) is 0.830. The number of hydrogen-bond donors (Lipinski definition) is 2. The van der Waals surface area contributed by atoms with Gasteiger partial charge < -0.3 is 19.9 Å². The van der Waals surface area contributed by atoms with Crippen LogP contribution in [0.1, 0.15) is 29.5 Å². The van der Waals surface area contributed by atoms with E-state index in [1.807, 2.05) is 24.3 Å². The van der Waals surface area contributed by atoms with Crippen molar-refractivity contribution in [3.8, 4) is 17.2 Å². The molecule has 0 amide bonds. The van der Waals surface area contributed by atoms with Crippen molar-refractivity contribution in [2.75, 3.05) is 19.5 Å². The Labute approximate surface area is 141 Å². The number of para-hydroxylation sites is 1. The number of methoxy groups -OCH3 is 2. The van der Waals surface area contributed by atoms with E-state index < -0.39 is 0 Å². The number of benzene rings is 2. The highest BCUT2D eigenvalue weighted by atomic mass is 16.5. The van der Waals surface area contributed by atoms with Gasteiger partial charge in [-0.25, -0.2) is 0 Å². The Hall–Kier alpha value is -2.62. The zero-order chi connectivity index (χ0) is 16.7. The first-order valence-corrected chi connectivity index (χ1v) is 8.20. The summed E-state index contributed by atoms with van der Waals surface area (Å²) in [6, 6.07) is 11.9. The number of ether oxygens (including phenoxy) is 2. The van der Waals surface area contributed by atoms with Gasteiger partial charge in [0.15, 0.2) is 11.5 Å². The van der Waals surface area contributed by atoms with Gasteiger partial charge in [-0.15, -0.1) is 0 Å². The largest absolute Gasteiger partial charge is 0.504 e. The fraction of sp³-hybridized carbons (Fsp3) is 0.300. The summed E-state index contributed by atoms with van der Waals surface area (Å²) < 4.78 is 10.7. The summed E-state index contributed by atoms with van der Waals surface area (Å²) in [5.74, 6) is 2.32. The second kappa shape index (κ2) is 5.78. The van der Waals surface area contributed by atoms with Gasteiger partial charge in [0, 0.05) is 5.92 Å². The van der Waals surface area contributed by atoms with Crippen LogP contribution in [0.3, 0.4) is 0 Å². The molecule has 0 spiro atoms. The number of allylic oxidation sites excluding steroid dienone is 2. The first kappa shape index (κ1) is 14.9. The average molecular weight is 323 g/mol. The third kappa shape index (κ3) is 2.21. The van der Waals surface area contributed by atoms with Gasteiger partial charge in [0.05, 0.1) is 25.9 Å². The molecular weight excluding hydrogens is 302 g/mol. The summed E-state index contributed by atoms with van der Waals surface area (Å²) >= 11 is 0. The van der Waals surface area contributed by atoms with Crippen molar-refractivity contribution in [1.82, 2.24) is 0 Å². The van der Waals surface area contributed by atoms with Crippen molar-refractivity contribution in [2.24, 2.45) is 5.92 Å². The third-order valence-electron chi connectivity index (χ3n) is 5.14. The van der Waals surface area contributed by atoms with Gasteiger partial charge >= 0.3 is 0 Å². The van der Waals surface area contributed by atoms with Crippen LogP contribution in [-0.4, -0.2) is 19.3 Å². The predicted octanol–water partition coefficient (Wildman–Crippen LogP) is 4.24. The first-order chi connectivity index (χ1) is 11.7. The number of phenols is 1. The van der Waals surface area contributed by atoms with Crippen molar-refractivity contribution < 1.29 is 14.6 Å². The Morgan fingerprint density at radius 2 is 1.92 bits per heavy atom. The second-order valence-electron chi connectivity index (χ2n) is 6.33. The number of phenolic OH excluding ortho intramolecular Hbond substituents is 1. The van der Waals surface area contributed by atoms with Crippen molar-refractivity contribution >= 4 is 5.69 Å². The van der Waals surface area contributed by atoms with Crippen LogP contribution in [0.5, 0.6) is 17.2 Å². The number of aromatic hydroxyl groups is 1. The number of fused-ring (bicyclic) bond motifs is 3. The molecule has 1 heterocycles.